The van der Waals surface area contributed by atoms with Gasteiger partial charge in [-0.2, -0.15) is 9.61 Å². The van der Waals surface area contributed by atoms with Crippen LogP contribution in [0.5, 0.6) is 5.88 Å². The molecule has 10 nitrogen and oxygen atoms in total. The van der Waals surface area contributed by atoms with Crippen LogP contribution >= 0.6 is 0 Å². The normalized spacial score (nSPS) is 20.3. The molecule has 180 valence electrons. The Bertz CT molecular complexity index is 1390. The Hall–Kier alpha value is -3.89. The van der Waals surface area contributed by atoms with Gasteiger partial charge < -0.3 is 21.1 Å². The van der Waals surface area contributed by atoms with Gasteiger partial charge in [0.05, 0.1) is 35.4 Å². The van der Waals surface area contributed by atoms with Gasteiger partial charge in [-0.3, -0.25) is 9.78 Å². The van der Waals surface area contributed by atoms with Crippen LogP contribution in [-0.2, 0) is 0 Å². The van der Waals surface area contributed by atoms with E-state index >= 15 is 0 Å². The minimum Gasteiger partial charge on any atom is -0.493 e. The van der Waals surface area contributed by atoms with Crippen LogP contribution in [0.2, 0.25) is 0 Å². The maximum Gasteiger partial charge on any atom is 0.210 e. The number of aromatic nitrogens is 5. The number of rotatable bonds is 5. The van der Waals surface area contributed by atoms with Gasteiger partial charge >= 0.3 is 0 Å². The van der Waals surface area contributed by atoms with Gasteiger partial charge in [0.1, 0.15) is 5.82 Å². The van der Waals surface area contributed by atoms with E-state index in [1.54, 1.807) is 24.7 Å². The largest absolute Gasteiger partial charge is 0.493 e. The van der Waals surface area contributed by atoms with Crippen molar-refractivity contribution in [1.82, 2.24) is 24.6 Å². The fraction of sp³-hybridized carbons (Fsp3) is 0.320. The summed E-state index contributed by atoms with van der Waals surface area (Å²) in [7, 11) is 0. The van der Waals surface area contributed by atoms with Crippen molar-refractivity contribution < 1.29 is 20.1 Å². The fourth-order valence-electron chi connectivity index (χ4n) is 4.74. The summed E-state index contributed by atoms with van der Waals surface area (Å²) in [6.07, 6.45) is 6.91. The average Bonchev–Trinajstić information content (AvgIpc) is 3.29. The number of carbonyl (C=O) groups is 1. The first-order valence-electron chi connectivity index (χ1n) is 11.4. The van der Waals surface area contributed by atoms with E-state index in [2.05, 4.69) is 15.1 Å². The maximum atomic E-state index is 12.5. The molecule has 0 amide bonds. The third-order valence-electron chi connectivity index (χ3n) is 6.78. The van der Waals surface area contributed by atoms with Crippen molar-refractivity contribution in [3.05, 3.63) is 54.1 Å². The monoisotopic (exact) mass is 474 g/mol. The number of aromatic hydroxyl groups is 1. The summed E-state index contributed by atoms with van der Waals surface area (Å²) >= 11 is 0. The molecule has 0 saturated heterocycles. The van der Waals surface area contributed by atoms with Crippen molar-refractivity contribution in [2.24, 2.45) is 0 Å². The second-order valence-electron chi connectivity index (χ2n) is 9.10. The molecule has 35 heavy (non-hydrogen) atoms. The molecule has 4 heterocycles. The molecule has 0 bridgehead atoms. The van der Waals surface area contributed by atoms with Gasteiger partial charge in [0.2, 0.25) is 5.88 Å². The molecule has 5 rings (SSSR count). The van der Waals surface area contributed by atoms with Gasteiger partial charge in [-0.25, -0.2) is 9.97 Å². The third-order valence-corrected chi connectivity index (χ3v) is 6.78. The Kier molecular flexibility index (Phi) is 5.70. The fourth-order valence-corrected chi connectivity index (χ4v) is 4.74. The number of ketones is 1. The lowest BCUT2D eigenvalue weighted by Gasteiger charge is -2.34. The summed E-state index contributed by atoms with van der Waals surface area (Å²) in [6, 6.07) is 6.98. The maximum absolute atomic E-state index is 12.5. The first-order valence-corrected chi connectivity index (χ1v) is 11.4. The number of hydrogen-bond donors (Lipinski definition) is 4. The summed E-state index contributed by atoms with van der Waals surface area (Å²) in [6.45, 7) is 1.17. The quantitative estimate of drug-likeness (QED) is 0.319. The van der Waals surface area contributed by atoms with E-state index in [-0.39, 0.29) is 30.0 Å². The Morgan fingerprint density at radius 1 is 1.11 bits per heavy atom. The van der Waals surface area contributed by atoms with E-state index in [0.717, 1.165) is 16.7 Å². The van der Waals surface area contributed by atoms with E-state index in [1.807, 2.05) is 12.1 Å². The molecule has 10 heteroatoms. The van der Waals surface area contributed by atoms with Crippen LogP contribution in [0.25, 0.3) is 28.0 Å². The summed E-state index contributed by atoms with van der Waals surface area (Å²) in [5.74, 6) is -0.0923. The van der Waals surface area contributed by atoms with Crippen molar-refractivity contribution in [3.8, 4) is 28.3 Å². The van der Waals surface area contributed by atoms with Crippen molar-refractivity contribution in [3.63, 3.8) is 0 Å². The predicted octanol–water partition coefficient (Wildman–Crippen LogP) is 2.72. The highest BCUT2D eigenvalue weighted by Crippen LogP contribution is 2.40. The van der Waals surface area contributed by atoms with Crippen molar-refractivity contribution >= 4 is 17.2 Å². The molecule has 5 N–H and O–H groups in total. The summed E-state index contributed by atoms with van der Waals surface area (Å²) < 4.78 is 1.47. The molecule has 0 aromatic carbocycles. The molecule has 4 aromatic rings. The molecule has 4 aromatic heterocycles. The lowest BCUT2D eigenvalue weighted by molar-refractivity contribution is -0.0458. The number of nitrogens with two attached hydrogens (primary N) is 1. The van der Waals surface area contributed by atoms with Crippen LogP contribution < -0.4 is 5.73 Å². The summed E-state index contributed by atoms with van der Waals surface area (Å²) in [5.41, 5.74) is 9.76. The number of hydrogen-bond acceptors (Lipinski definition) is 9. The number of aliphatic hydroxyl groups is 2. The smallest absolute Gasteiger partial charge is 0.210 e. The van der Waals surface area contributed by atoms with Crippen molar-refractivity contribution in [2.45, 2.75) is 44.1 Å². The Morgan fingerprint density at radius 3 is 2.43 bits per heavy atom. The average molecular weight is 475 g/mol. The number of aliphatic hydroxyl groups excluding tert-OH is 1. The number of nitrogen functional groups attached to an aromatic ring is 1. The number of carbonyl (C=O) groups excluding carboxylic acids is 1. The summed E-state index contributed by atoms with van der Waals surface area (Å²) in [5, 5.41) is 33.7. The van der Waals surface area contributed by atoms with Crippen LogP contribution in [-0.4, -0.2) is 57.9 Å². The number of nitrogens with zero attached hydrogens (tertiary/aromatic N) is 5. The SMILES string of the molecule is CC(=O)c1c(C2CCC(O)(CO)CC2)nc2c(-c3ccc(-c4ccc(O)nc4)nc3)cnn2c1N. The molecule has 1 aliphatic rings. The van der Waals surface area contributed by atoms with Crippen LogP contribution in [0.3, 0.4) is 0 Å². The second kappa shape index (κ2) is 8.71. The first-order chi connectivity index (χ1) is 16.8. The second-order valence-corrected chi connectivity index (χ2v) is 9.10. The van der Waals surface area contributed by atoms with Crippen LogP contribution in [0.1, 0.15) is 54.6 Å². The molecular formula is C25H26N6O4. The van der Waals surface area contributed by atoms with Crippen molar-refractivity contribution in [1.29, 1.82) is 0 Å². The van der Waals surface area contributed by atoms with E-state index in [4.69, 9.17) is 10.7 Å². The van der Waals surface area contributed by atoms with E-state index < -0.39 is 5.60 Å². The van der Waals surface area contributed by atoms with Gasteiger partial charge in [-0.05, 0) is 44.7 Å². The van der Waals surface area contributed by atoms with Crippen molar-refractivity contribution in [2.75, 3.05) is 12.3 Å². The van der Waals surface area contributed by atoms with Gasteiger partial charge in [0, 0.05) is 41.1 Å². The molecule has 0 radical (unpaired) electrons. The minimum absolute atomic E-state index is 0.0554. The standard InChI is InChI=1S/C25H26N6O4/c1-14(33)21-22(15-6-8-25(35,13-32)9-7-15)30-24-18(12-29-31(24)23(21)26)16-2-4-19(27-10-16)17-3-5-20(34)28-11-17/h2-5,10-12,15,32,35H,6-9,13,26H2,1H3,(H,28,34). The predicted molar refractivity (Wildman–Crippen MR) is 129 cm³/mol. The Balaban J connectivity index is 1.55. The molecule has 0 spiro atoms. The zero-order valence-corrected chi connectivity index (χ0v) is 19.2. The lowest BCUT2D eigenvalue weighted by atomic mass is 9.77. The van der Waals surface area contributed by atoms with Crippen LogP contribution in [0.15, 0.2) is 42.9 Å². The Morgan fingerprint density at radius 2 is 1.83 bits per heavy atom. The molecule has 1 saturated carbocycles. The molecule has 0 aliphatic heterocycles. The highest BCUT2D eigenvalue weighted by atomic mass is 16.3. The van der Waals surface area contributed by atoms with Crippen LogP contribution in [0, 0.1) is 0 Å². The van der Waals surface area contributed by atoms with Gasteiger partial charge in [0.15, 0.2) is 11.4 Å². The minimum atomic E-state index is -1.09. The zero-order valence-electron chi connectivity index (χ0n) is 19.2. The van der Waals surface area contributed by atoms with Crippen LogP contribution in [0.4, 0.5) is 5.82 Å². The highest BCUT2D eigenvalue weighted by molar-refractivity contribution is 6.00. The topological polar surface area (TPSA) is 160 Å². The molecule has 0 atom stereocenters. The molecule has 1 fully saturated rings. The van der Waals surface area contributed by atoms with E-state index in [0.29, 0.717) is 48.3 Å². The van der Waals surface area contributed by atoms with Gasteiger partial charge in [-0.1, -0.05) is 6.07 Å². The highest BCUT2D eigenvalue weighted by Gasteiger charge is 2.36. The zero-order chi connectivity index (χ0) is 24.7. The molecular weight excluding hydrogens is 448 g/mol. The number of anilines is 1. The molecule has 1 aliphatic carbocycles. The Labute approximate surface area is 201 Å². The lowest BCUT2D eigenvalue weighted by Crippen LogP contribution is -2.37. The third kappa shape index (κ3) is 4.11. The van der Waals surface area contributed by atoms with E-state index in [9.17, 15) is 20.1 Å². The summed E-state index contributed by atoms with van der Waals surface area (Å²) in [4.78, 5) is 25.8. The number of Topliss-reactive ketones (excluding diaryl/α,β-unsaturated/α-hetero) is 1. The molecule has 0 unspecified atom stereocenters. The van der Waals surface area contributed by atoms with E-state index in [1.165, 1.54) is 17.5 Å². The first kappa shape index (κ1) is 22.9. The number of pyridine rings is 2. The number of fused-ring (bicyclic) bond motifs is 1. The van der Waals surface area contributed by atoms with Gasteiger partial charge in [-0.15, -0.1) is 0 Å². The van der Waals surface area contributed by atoms with Gasteiger partial charge in [0.25, 0.3) is 0 Å².